The maximum absolute atomic E-state index is 8.40. The van der Waals surface area contributed by atoms with Crippen LogP contribution in [0.15, 0.2) is 47.6 Å². The Labute approximate surface area is 122 Å². The molecule has 0 radical (unpaired) electrons. The van der Waals surface area contributed by atoms with Crippen LogP contribution in [0.2, 0.25) is 5.02 Å². The Kier molecular flexibility index (Phi) is 4.88. The van der Waals surface area contributed by atoms with Crippen molar-refractivity contribution in [1.29, 1.82) is 0 Å². The quantitative estimate of drug-likeness (QED) is 0.432. The van der Waals surface area contributed by atoms with E-state index in [1.807, 2.05) is 37.3 Å². The van der Waals surface area contributed by atoms with E-state index in [4.69, 9.17) is 21.9 Å². The number of hydrogen-bond acceptors (Lipinski definition) is 2. The molecule has 0 aromatic heterocycles. The predicted octanol–water partition coefficient (Wildman–Crippen LogP) is 5.04. The first-order chi connectivity index (χ1) is 9.69. The Bertz CT molecular complexity index is 634. The van der Waals surface area contributed by atoms with Gasteiger partial charge in [0.15, 0.2) is 0 Å². The Morgan fingerprint density at radius 3 is 2.65 bits per heavy atom. The van der Waals surface area contributed by atoms with E-state index in [0.29, 0.717) is 17.4 Å². The van der Waals surface area contributed by atoms with Crippen molar-refractivity contribution in [2.75, 3.05) is 0 Å². The minimum absolute atomic E-state index is 0.247. The molecule has 0 bridgehead atoms. The molecule has 0 aliphatic heterocycles. The maximum atomic E-state index is 8.40. The van der Waals surface area contributed by atoms with Crippen LogP contribution in [0.5, 0.6) is 5.75 Å². The van der Waals surface area contributed by atoms with Gasteiger partial charge >= 0.3 is 0 Å². The molecule has 0 heterocycles. The highest BCUT2D eigenvalue weighted by atomic mass is 35.5. The second-order valence-corrected chi connectivity index (χ2v) is 4.85. The van der Waals surface area contributed by atoms with Crippen LogP contribution in [-0.2, 0) is 13.2 Å². The van der Waals surface area contributed by atoms with Gasteiger partial charge in [0.2, 0.25) is 0 Å². The second-order valence-electron chi connectivity index (χ2n) is 4.42. The van der Waals surface area contributed by atoms with E-state index in [2.05, 4.69) is 10.0 Å². The summed E-state index contributed by atoms with van der Waals surface area (Å²) >= 11 is 5.97. The molecule has 0 atom stereocenters. The molecule has 0 N–H and O–H groups in total. The van der Waals surface area contributed by atoms with E-state index in [1.54, 1.807) is 12.1 Å². The number of aryl methyl sites for hydroxylation is 1. The lowest BCUT2D eigenvalue weighted by Crippen LogP contribution is -1.98. The third-order valence-corrected chi connectivity index (χ3v) is 3.08. The first kappa shape index (κ1) is 14.3. The summed E-state index contributed by atoms with van der Waals surface area (Å²) in [5.74, 6) is 0.644. The molecule has 0 aliphatic rings. The summed E-state index contributed by atoms with van der Waals surface area (Å²) < 4.78 is 5.77. The lowest BCUT2D eigenvalue weighted by Gasteiger charge is -2.11. The molecular formula is C15H14ClN3O. The van der Waals surface area contributed by atoms with Gasteiger partial charge in [-0.2, -0.15) is 0 Å². The van der Waals surface area contributed by atoms with Gasteiger partial charge in [-0.15, -0.1) is 0 Å². The third-order valence-electron chi connectivity index (χ3n) is 2.85. The lowest BCUT2D eigenvalue weighted by molar-refractivity contribution is 0.303. The first-order valence-electron chi connectivity index (χ1n) is 6.16. The SMILES string of the molecule is Cc1ccc(COc2cc(Cl)ccc2CN=[N+]=[N-])cc1. The number of halogens is 1. The van der Waals surface area contributed by atoms with Gasteiger partial charge in [0.25, 0.3) is 0 Å². The minimum atomic E-state index is 0.247. The molecule has 4 nitrogen and oxygen atoms in total. The van der Waals surface area contributed by atoms with Gasteiger partial charge in [0, 0.05) is 15.5 Å². The van der Waals surface area contributed by atoms with Crippen LogP contribution >= 0.6 is 11.6 Å². The number of rotatable bonds is 5. The van der Waals surface area contributed by atoms with Crippen LogP contribution < -0.4 is 4.74 Å². The standard InChI is InChI=1S/C15H14ClN3O/c1-11-2-4-12(5-3-11)10-20-15-8-14(16)7-6-13(15)9-18-19-17/h2-8H,9-10H2,1H3. The van der Waals surface area contributed by atoms with E-state index in [-0.39, 0.29) is 6.54 Å². The molecule has 20 heavy (non-hydrogen) atoms. The Morgan fingerprint density at radius 2 is 1.95 bits per heavy atom. The highest BCUT2D eigenvalue weighted by Crippen LogP contribution is 2.25. The summed E-state index contributed by atoms with van der Waals surface area (Å²) in [5, 5.41) is 4.15. The lowest BCUT2D eigenvalue weighted by atomic mass is 10.1. The van der Waals surface area contributed by atoms with Crippen molar-refractivity contribution in [3.05, 3.63) is 74.6 Å². The van der Waals surface area contributed by atoms with Crippen molar-refractivity contribution >= 4 is 11.6 Å². The molecular weight excluding hydrogens is 274 g/mol. The smallest absolute Gasteiger partial charge is 0.124 e. The zero-order valence-electron chi connectivity index (χ0n) is 11.1. The number of ether oxygens (including phenoxy) is 1. The summed E-state index contributed by atoms with van der Waals surface area (Å²) in [6, 6.07) is 13.4. The molecule has 2 aromatic rings. The summed E-state index contributed by atoms with van der Waals surface area (Å²) in [5.41, 5.74) is 11.5. The van der Waals surface area contributed by atoms with Crippen molar-refractivity contribution in [1.82, 2.24) is 0 Å². The van der Waals surface area contributed by atoms with Crippen molar-refractivity contribution in [2.45, 2.75) is 20.1 Å². The molecule has 2 aromatic carbocycles. The van der Waals surface area contributed by atoms with Gasteiger partial charge in [0.1, 0.15) is 12.4 Å². The predicted molar refractivity (Wildman–Crippen MR) is 79.8 cm³/mol. The molecule has 0 saturated carbocycles. The summed E-state index contributed by atoms with van der Waals surface area (Å²) in [4.78, 5) is 2.76. The molecule has 102 valence electrons. The largest absolute Gasteiger partial charge is 0.489 e. The average Bonchev–Trinajstić information content (AvgIpc) is 2.46. The van der Waals surface area contributed by atoms with E-state index in [9.17, 15) is 0 Å². The maximum Gasteiger partial charge on any atom is 0.124 e. The molecule has 0 spiro atoms. The van der Waals surface area contributed by atoms with Gasteiger partial charge < -0.3 is 4.74 Å². The zero-order valence-corrected chi connectivity index (χ0v) is 11.8. The Hall–Kier alpha value is -2.16. The molecule has 0 aliphatic carbocycles. The van der Waals surface area contributed by atoms with Crippen LogP contribution in [0.25, 0.3) is 10.4 Å². The van der Waals surface area contributed by atoms with Crippen LogP contribution in [0.1, 0.15) is 16.7 Å². The van der Waals surface area contributed by atoms with E-state index < -0.39 is 0 Å². The van der Waals surface area contributed by atoms with Gasteiger partial charge in [0.05, 0.1) is 6.54 Å². The minimum Gasteiger partial charge on any atom is -0.489 e. The summed E-state index contributed by atoms with van der Waals surface area (Å²) in [7, 11) is 0. The molecule has 0 fully saturated rings. The van der Waals surface area contributed by atoms with Gasteiger partial charge in [-0.25, -0.2) is 0 Å². The number of hydrogen-bond donors (Lipinski definition) is 0. The van der Waals surface area contributed by atoms with Crippen LogP contribution in [0, 0.1) is 6.92 Å². The van der Waals surface area contributed by atoms with Gasteiger partial charge in [-0.3, -0.25) is 0 Å². The fraction of sp³-hybridized carbons (Fsp3) is 0.200. The fourth-order valence-electron chi connectivity index (χ4n) is 1.75. The van der Waals surface area contributed by atoms with Crippen molar-refractivity contribution in [2.24, 2.45) is 5.11 Å². The molecule has 0 unspecified atom stereocenters. The number of azide groups is 1. The summed E-state index contributed by atoms with van der Waals surface area (Å²) in [6.45, 7) is 2.74. The molecule has 0 saturated heterocycles. The van der Waals surface area contributed by atoms with Crippen molar-refractivity contribution < 1.29 is 4.74 Å². The highest BCUT2D eigenvalue weighted by molar-refractivity contribution is 6.30. The topological polar surface area (TPSA) is 58.0 Å². The van der Waals surface area contributed by atoms with Crippen LogP contribution in [-0.4, -0.2) is 0 Å². The molecule has 2 rings (SSSR count). The summed E-state index contributed by atoms with van der Waals surface area (Å²) in [6.07, 6.45) is 0. The monoisotopic (exact) mass is 287 g/mol. The molecule has 0 amide bonds. The fourth-order valence-corrected chi connectivity index (χ4v) is 1.91. The van der Waals surface area contributed by atoms with Gasteiger partial charge in [-0.1, -0.05) is 52.6 Å². The van der Waals surface area contributed by atoms with Crippen molar-refractivity contribution in [3.63, 3.8) is 0 Å². The van der Waals surface area contributed by atoms with Gasteiger partial charge in [-0.05, 0) is 30.2 Å². The average molecular weight is 288 g/mol. The normalized spacial score (nSPS) is 9.90. The zero-order chi connectivity index (χ0) is 14.4. The third kappa shape index (κ3) is 3.92. The first-order valence-corrected chi connectivity index (χ1v) is 6.54. The van der Waals surface area contributed by atoms with Crippen LogP contribution in [0.4, 0.5) is 0 Å². The Balaban J connectivity index is 2.13. The van der Waals surface area contributed by atoms with E-state index in [1.165, 1.54) is 5.56 Å². The second kappa shape index (κ2) is 6.85. The number of benzene rings is 2. The highest BCUT2D eigenvalue weighted by Gasteiger charge is 2.04. The Morgan fingerprint density at radius 1 is 1.20 bits per heavy atom. The van der Waals surface area contributed by atoms with Crippen LogP contribution in [0.3, 0.4) is 0 Å². The van der Waals surface area contributed by atoms with E-state index in [0.717, 1.165) is 11.1 Å². The van der Waals surface area contributed by atoms with Crippen molar-refractivity contribution in [3.8, 4) is 5.75 Å². The van der Waals surface area contributed by atoms with E-state index >= 15 is 0 Å². The number of nitrogens with zero attached hydrogens (tertiary/aromatic N) is 3. The molecule has 5 heteroatoms.